The van der Waals surface area contributed by atoms with E-state index in [4.69, 9.17) is 29.9 Å². The molecule has 0 saturated heterocycles. The number of benzene rings is 4. The van der Waals surface area contributed by atoms with Gasteiger partial charge in [-0.1, -0.05) is 109 Å². The van der Waals surface area contributed by atoms with E-state index in [-0.39, 0.29) is 0 Å². The van der Waals surface area contributed by atoms with Gasteiger partial charge in [0.25, 0.3) is 0 Å². The van der Waals surface area contributed by atoms with Gasteiger partial charge in [-0.25, -0.2) is 9.97 Å². The molecule has 5 heterocycles. The van der Waals surface area contributed by atoms with Crippen molar-refractivity contribution in [1.29, 1.82) is 0 Å². The second kappa shape index (κ2) is 17.1. The zero-order valence-corrected chi connectivity index (χ0v) is 32.0. The maximum absolute atomic E-state index is 6.44. The molecule has 2 aliphatic rings. The van der Waals surface area contributed by atoms with Crippen LogP contribution >= 0.6 is 0 Å². The molecule has 0 saturated carbocycles. The van der Waals surface area contributed by atoms with E-state index < -0.39 is 0 Å². The number of hydrogen-bond acceptors (Lipinski definition) is 6. The van der Waals surface area contributed by atoms with Crippen molar-refractivity contribution in [3.8, 4) is 50.3 Å². The number of ether oxygens (including phenoxy) is 3. The molecular formula is C50H43N5O3. The van der Waals surface area contributed by atoms with Gasteiger partial charge >= 0.3 is 0 Å². The lowest BCUT2D eigenvalue weighted by atomic mass is 10.0. The number of rotatable bonds is 13. The third-order valence-corrected chi connectivity index (χ3v) is 10.2. The summed E-state index contributed by atoms with van der Waals surface area (Å²) >= 11 is 0. The standard InChI is InChI=1S/C50H43N5O3/c51-28-29-56-30-31-57-32-33-58-46-19-11-10-18-37(46)50-44-26-24-42(54-44)48(35-14-6-2-7-15-35)40-22-20-38(52-40)47(34-12-4-1-5-13-34)39-21-23-41(53-39)49(36-16-8-3-9-17-36)43-25-27-45(50)55-43/h1-27,52,55H,28-33,51H2. The smallest absolute Gasteiger partial charge is 0.127 e. The quantitative estimate of drug-likeness (QED) is 0.101. The van der Waals surface area contributed by atoms with Crippen LogP contribution in [0.3, 0.4) is 0 Å². The zero-order valence-electron chi connectivity index (χ0n) is 32.0. The molecule has 0 spiro atoms. The molecular weight excluding hydrogens is 719 g/mol. The van der Waals surface area contributed by atoms with E-state index in [9.17, 15) is 0 Å². The highest BCUT2D eigenvalue weighted by Gasteiger charge is 2.20. The molecule has 0 aliphatic carbocycles. The second-order valence-electron chi connectivity index (χ2n) is 14.0. The molecule has 58 heavy (non-hydrogen) atoms. The van der Waals surface area contributed by atoms with Gasteiger partial charge in [-0.2, -0.15) is 0 Å². The van der Waals surface area contributed by atoms with E-state index in [2.05, 4.69) is 137 Å². The summed E-state index contributed by atoms with van der Waals surface area (Å²) in [5.41, 5.74) is 20.7. The van der Waals surface area contributed by atoms with E-state index in [1.807, 2.05) is 36.4 Å². The van der Waals surface area contributed by atoms with Crippen LogP contribution in [0.15, 0.2) is 140 Å². The number of aromatic nitrogens is 4. The predicted octanol–water partition coefficient (Wildman–Crippen LogP) is 10.7. The van der Waals surface area contributed by atoms with Gasteiger partial charge in [0, 0.05) is 56.4 Å². The van der Waals surface area contributed by atoms with E-state index in [0.29, 0.717) is 39.6 Å². The minimum absolute atomic E-state index is 0.372. The number of nitrogens with zero attached hydrogens (tertiary/aromatic N) is 2. The summed E-state index contributed by atoms with van der Waals surface area (Å²) in [6.45, 7) is 2.77. The Balaban J connectivity index is 1.31. The summed E-state index contributed by atoms with van der Waals surface area (Å²) in [6, 6.07) is 48.0. The summed E-state index contributed by atoms with van der Waals surface area (Å²) in [6.07, 6.45) is 8.45. The first kappa shape index (κ1) is 36.8. The molecule has 0 radical (unpaired) electrons. The zero-order chi connectivity index (χ0) is 39.1. The van der Waals surface area contributed by atoms with Crippen molar-refractivity contribution in [3.63, 3.8) is 0 Å². The van der Waals surface area contributed by atoms with Crippen LogP contribution in [-0.2, 0) is 9.47 Å². The van der Waals surface area contributed by atoms with Crippen molar-refractivity contribution in [2.24, 2.45) is 5.73 Å². The first-order valence-electron chi connectivity index (χ1n) is 19.7. The van der Waals surface area contributed by atoms with Gasteiger partial charge in [0.15, 0.2) is 0 Å². The highest BCUT2D eigenvalue weighted by atomic mass is 16.5. The van der Waals surface area contributed by atoms with Gasteiger partial charge in [0.1, 0.15) is 12.4 Å². The lowest BCUT2D eigenvalue weighted by molar-refractivity contribution is 0.0388. The summed E-state index contributed by atoms with van der Waals surface area (Å²) in [5, 5.41) is 0. The van der Waals surface area contributed by atoms with Gasteiger partial charge in [-0.15, -0.1) is 0 Å². The monoisotopic (exact) mass is 761 g/mol. The van der Waals surface area contributed by atoms with Crippen molar-refractivity contribution in [1.82, 2.24) is 19.9 Å². The van der Waals surface area contributed by atoms with Crippen LogP contribution in [0, 0.1) is 0 Å². The summed E-state index contributed by atoms with van der Waals surface area (Å²) in [5.74, 6) is 0.732. The third-order valence-electron chi connectivity index (χ3n) is 10.2. The molecule has 8 bridgehead atoms. The van der Waals surface area contributed by atoms with E-state index in [0.717, 1.165) is 95.1 Å². The van der Waals surface area contributed by atoms with Crippen LogP contribution < -0.4 is 10.5 Å². The Morgan fingerprint density at radius 1 is 0.397 bits per heavy atom. The lowest BCUT2D eigenvalue weighted by Crippen LogP contribution is -2.14. The molecule has 8 nitrogen and oxygen atoms in total. The molecule has 3 aromatic heterocycles. The molecule has 4 aromatic carbocycles. The molecule has 0 unspecified atom stereocenters. The van der Waals surface area contributed by atoms with Gasteiger partial charge < -0.3 is 29.9 Å². The number of fused-ring (bicyclic) bond motifs is 8. The number of hydrogen-bond donors (Lipinski definition) is 3. The van der Waals surface area contributed by atoms with Gasteiger partial charge in [-0.3, -0.25) is 0 Å². The molecule has 0 fully saturated rings. The Kier molecular flexibility index (Phi) is 10.9. The van der Waals surface area contributed by atoms with Gasteiger partial charge in [0.05, 0.1) is 49.2 Å². The Hall–Kier alpha value is -6.84. The van der Waals surface area contributed by atoms with Crippen LogP contribution in [0.25, 0.3) is 90.9 Å². The Morgan fingerprint density at radius 2 is 0.776 bits per heavy atom. The first-order chi connectivity index (χ1) is 28.7. The topological polar surface area (TPSA) is 111 Å². The van der Waals surface area contributed by atoms with Crippen molar-refractivity contribution < 1.29 is 14.2 Å². The van der Waals surface area contributed by atoms with Crippen molar-refractivity contribution in [3.05, 3.63) is 162 Å². The molecule has 7 aromatic rings. The second-order valence-corrected chi connectivity index (χ2v) is 14.0. The molecule has 0 atom stereocenters. The van der Waals surface area contributed by atoms with Crippen LogP contribution in [-0.4, -0.2) is 59.5 Å². The number of para-hydroxylation sites is 1. The Morgan fingerprint density at radius 3 is 1.24 bits per heavy atom. The largest absolute Gasteiger partial charge is 0.491 e. The molecule has 4 N–H and O–H groups in total. The molecule has 9 rings (SSSR count). The van der Waals surface area contributed by atoms with Crippen LogP contribution in [0.1, 0.15) is 22.8 Å². The summed E-state index contributed by atoms with van der Waals surface area (Å²) in [7, 11) is 0. The average molecular weight is 762 g/mol. The van der Waals surface area contributed by atoms with Crippen molar-refractivity contribution in [2.75, 3.05) is 39.6 Å². The fourth-order valence-electron chi connectivity index (χ4n) is 7.63. The van der Waals surface area contributed by atoms with Crippen molar-refractivity contribution in [2.45, 2.75) is 0 Å². The van der Waals surface area contributed by atoms with E-state index in [1.54, 1.807) is 0 Å². The Bertz CT molecular complexity index is 2730. The van der Waals surface area contributed by atoms with Gasteiger partial charge in [0.2, 0.25) is 0 Å². The minimum atomic E-state index is 0.372. The van der Waals surface area contributed by atoms with Crippen LogP contribution in [0.5, 0.6) is 5.75 Å². The number of nitrogens with two attached hydrogens (primary N) is 1. The SMILES string of the molecule is NCCOCCOCCOc1ccccc1-c1c2nc(c(-c3ccccc3)c3ccc([nH]3)c(-c3ccccc3)c3nc(c(-c4ccccc4)c4ccc1[nH]4)C=C3)C=C2. The van der Waals surface area contributed by atoms with Crippen LogP contribution in [0.2, 0.25) is 0 Å². The maximum atomic E-state index is 6.44. The fraction of sp³-hybridized carbons (Fsp3) is 0.120. The fourth-order valence-corrected chi connectivity index (χ4v) is 7.63. The Labute approximate surface area is 337 Å². The average Bonchev–Trinajstić information content (AvgIpc) is 4.12. The van der Waals surface area contributed by atoms with E-state index >= 15 is 0 Å². The summed E-state index contributed by atoms with van der Waals surface area (Å²) < 4.78 is 17.7. The van der Waals surface area contributed by atoms with E-state index in [1.165, 1.54) is 0 Å². The van der Waals surface area contributed by atoms with Gasteiger partial charge in [-0.05, 0) is 71.3 Å². The molecule has 2 aliphatic heterocycles. The predicted molar refractivity (Wildman–Crippen MR) is 237 cm³/mol. The first-order valence-corrected chi connectivity index (χ1v) is 19.7. The number of nitrogens with one attached hydrogen (secondary N) is 2. The highest BCUT2D eigenvalue weighted by Crippen LogP contribution is 2.40. The highest BCUT2D eigenvalue weighted by molar-refractivity contribution is 6.00. The molecule has 0 amide bonds. The number of H-pyrrole nitrogens is 2. The normalized spacial score (nSPS) is 11.9. The lowest BCUT2D eigenvalue weighted by Gasteiger charge is -2.13. The summed E-state index contributed by atoms with van der Waals surface area (Å²) in [4.78, 5) is 18.5. The van der Waals surface area contributed by atoms with Crippen LogP contribution in [0.4, 0.5) is 0 Å². The number of aromatic amines is 2. The molecule has 286 valence electrons. The molecule has 8 heteroatoms. The third kappa shape index (κ3) is 7.64. The van der Waals surface area contributed by atoms with Crippen molar-refractivity contribution >= 4 is 46.4 Å². The maximum Gasteiger partial charge on any atom is 0.127 e. The minimum Gasteiger partial charge on any atom is -0.491 e.